The van der Waals surface area contributed by atoms with E-state index in [0.29, 0.717) is 17.0 Å². The minimum atomic E-state index is -0.0690. The van der Waals surface area contributed by atoms with Crippen molar-refractivity contribution in [1.29, 1.82) is 0 Å². The molecule has 1 aromatic heterocycles. The lowest BCUT2D eigenvalue weighted by Gasteiger charge is -2.19. The predicted molar refractivity (Wildman–Crippen MR) is 65.0 cm³/mol. The van der Waals surface area contributed by atoms with E-state index >= 15 is 0 Å². The van der Waals surface area contributed by atoms with E-state index in [4.69, 9.17) is 0 Å². The zero-order chi connectivity index (χ0) is 12.4. The number of carbonyl (C=O) groups is 2. The van der Waals surface area contributed by atoms with Gasteiger partial charge in [-0.25, -0.2) is 4.90 Å². The predicted octanol–water partition coefficient (Wildman–Crippen LogP) is 1.38. The molecular formula is C12H13N3O2S. The molecule has 4 atom stereocenters. The van der Waals surface area contributed by atoms with Crippen LogP contribution in [-0.4, -0.2) is 22.0 Å². The van der Waals surface area contributed by atoms with Crippen LogP contribution in [0.2, 0.25) is 0 Å². The van der Waals surface area contributed by atoms with Crippen LogP contribution in [0.4, 0.5) is 5.13 Å². The summed E-state index contributed by atoms with van der Waals surface area (Å²) < 4.78 is 0. The van der Waals surface area contributed by atoms with Crippen molar-refractivity contribution in [1.82, 2.24) is 10.2 Å². The summed E-state index contributed by atoms with van der Waals surface area (Å²) >= 11 is 1.32. The first-order chi connectivity index (χ1) is 8.66. The lowest BCUT2D eigenvalue weighted by molar-refractivity contribution is -0.123. The molecule has 0 aromatic carbocycles. The van der Waals surface area contributed by atoms with Crippen molar-refractivity contribution in [3.8, 4) is 0 Å². The number of hydrogen-bond acceptors (Lipinski definition) is 5. The molecule has 0 spiro atoms. The second kappa shape index (κ2) is 3.38. The van der Waals surface area contributed by atoms with Crippen molar-refractivity contribution in [2.75, 3.05) is 4.90 Å². The molecule has 5 nitrogen and oxygen atoms in total. The SMILES string of the molecule is Cc1nnc(N2C(=O)[C@H]3[C@@H]4CC[C@H](C4)[C@@H]3C2=O)s1. The molecule has 3 aliphatic rings. The number of nitrogens with zero attached hydrogens (tertiary/aromatic N) is 3. The minimum Gasteiger partial charge on any atom is -0.274 e. The number of aryl methyl sites for hydroxylation is 1. The molecule has 2 heterocycles. The third-order valence-electron chi connectivity index (χ3n) is 4.63. The third-order valence-corrected chi connectivity index (χ3v) is 5.46. The molecule has 94 valence electrons. The summed E-state index contributed by atoms with van der Waals surface area (Å²) in [5, 5.41) is 9.09. The highest BCUT2D eigenvalue weighted by atomic mass is 32.1. The van der Waals surface area contributed by atoms with E-state index < -0.39 is 0 Å². The van der Waals surface area contributed by atoms with Crippen LogP contribution < -0.4 is 4.90 Å². The first-order valence-corrected chi connectivity index (χ1v) is 7.16. The van der Waals surface area contributed by atoms with E-state index in [1.54, 1.807) is 0 Å². The number of aromatic nitrogens is 2. The molecule has 0 N–H and O–H groups in total. The second-order valence-corrected chi connectivity index (χ2v) is 6.66. The summed E-state index contributed by atoms with van der Waals surface area (Å²) in [5.74, 6) is 0.647. The summed E-state index contributed by atoms with van der Waals surface area (Å²) in [6, 6.07) is 0. The van der Waals surface area contributed by atoms with Gasteiger partial charge in [0.25, 0.3) is 0 Å². The van der Waals surface area contributed by atoms with E-state index in [2.05, 4.69) is 10.2 Å². The fourth-order valence-corrected chi connectivity index (χ4v) is 4.67. The quantitative estimate of drug-likeness (QED) is 0.718. The van der Waals surface area contributed by atoms with Crippen molar-refractivity contribution in [2.45, 2.75) is 26.2 Å². The van der Waals surface area contributed by atoms with Gasteiger partial charge >= 0.3 is 0 Å². The molecule has 1 saturated heterocycles. The van der Waals surface area contributed by atoms with E-state index in [9.17, 15) is 9.59 Å². The van der Waals surface area contributed by atoms with Crippen molar-refractivity contribution in [3.05, 3.63) is 5.01 Å². The fraction of sp³-hybridized carbons (Fsp3) is 0.667. The number of imide groups is 1. The number of anilines is 1. The number of fused-ring (bicyclic) bond motifs is 5. The van der Waals surface area contributed by atoms with E-state index in [1.807, 2.05) is 6.92 Å². The topological polar surface area (TPSA) is 63.2 Å². The Morgan fingerprint density at radius 3 is 2.22 bits per heavy atom. The molecule has 4 rings (SSSR count). The molecule has 0 radical (unpaired) electrons. The third kappa shape index (κ3) is 1.16. The Morgan fingerprint density at radius 2 is 1.72 bits per heavy atom. The van der Waals surface area contributed by atoms with Gasteiger partial charge in [-0.1, -0.05) is 11.3 Å². The van der Waals surface area contributed by atoms with Gasteiger partial charge in [0.15, 0.2) is 0 Å². The maximum absolute atomic E-state index is 12.4. The van der Waals surface area contributed by atoms with Gasteiger partial charge in [-0.15, -0.1) is 10.2 Å². The molecule has 1 aromatic rings. The largest absolute Gasteiger partial charge is 0.274 e. The Morgan fingerprint density at radius 1 is 1.11 bits per heavy atom. The maximum Gasteiger partial charge on any atom is 0.239 e. The van der Waals surface area contributed by atoms with Gasteiger partial charge in [0.1, 0.15) is 5.01 Å². The first-order valence-electron chi connectivity index (χ1n) is 6.34. The van der Waals surface area contributed by atoms with Gasteiger partial charge < -0.3 is 0 Å². The average Bonchev–Trinajstić information content (AvgIpc) is 3.05. The zero-order valence-corrected chi connectivity index (χ0v) is 10.8. The van der Waals surface area contributed by atoms with Crippen LogP contribution >= 0.6 is 11.3 Å². The van der Waals surface area contributed by atoms with Crippen LogP contribution in [0.25, 0.3) is 0 Å². The van der Waals surface area contributed by atoms with Crippen molar-refractivity contribution >= 4 is 28.3 Å². The summed E-state index contributed by atoms with van der Waals surface area (Å²) in [5.41, 5.74) is 0. The summed E-state index contributed by atoms with van der Waals surface area (Å²) in [7, 11) is 0. The lowest BCUT2D eigenvalue weighted by atomic mass is 9.81. The molecule has 2 saturated carbocycles. The van der Waals surface area contributed by atoms with Crippen LogP contribution in [0.3, 0.4) is 0 Å². The van der Waals surface area contributed by atoms with Crippen LogP contribution in [0.1, 0.15) is 24.3 Å². The number of amides is 2. The Balaban J connectivity index is 1.75. The van der Waals surface area contributed by atoms with E-state index in [1.165, 1.54) is 16.2 Å². The van der Waals surface area contributed by atoms with Gasteiger partial charge in [0, 0.05) is 0 Å². The van der Waals surface area contributed by atoms with E-state index in [-0.39, 0.29) is 23.7 Å². The summed E-state index contributed by atoms with van der Waals surface area (Å²) in [4.78, 5) is 26.2. The van der Waals surface area contributed by atoms with Gasteiger partial charge in [0.2, 0.25) is 16.9 Å². The fourth-order valence-electron chi connectivity index (χ4n) is 3.97. The van der Waals surface area contributed by atoms with Crippen molar-refractivity contribution in [3.63, 3.8) is 0 Å². The monoisotopic (exact) mass is 263 g/mol. The highest BCUT2D eigenvalue weighted by Gasteiger charge is 2.61. The molecule has 1 aliphatic heterocycles. The van der Waals surface area contributed by atoms with Crippen LogP contribution in [-0.2, 0) is 9.59 Å². The summed E-state index contributed by atoms with van der Waals surface area (Å²) in [6.45, 7) is 1.83. The van der Waals surface area contributed by atoms with Gasteiger partial charge in [-0.05, 0) is 38.0 Å². The first kappa shape index (κ1) is 10.6. The van der Waals surface area contributed by atoms with Crippen molar-refractivity contribution < 1.29 is 9.59 Å². The second-order valence-electron chi connectivity index (χ2n) is 5.50. The molecule has 0 unspecified atom stereocenters. The maximum atomic E-state index is 12.4. The number of carbonyl (C=O) groups excluding carboxylic acids is 2. The molecule has 2 aliphatic carbocycles. The Bertz CT molecular complexity index is 527. The normalized spacial score (nSPS) is 37.7. The number of rotatable bonds is 1. The van der Waals surface area contributed by atoms with Gasteiger partial charge in [-0.3, -0.25) is 9.59 Å². The van der Waals surface area contributed by atoms with Crippen LogP contribution in [0.5, 0.6) is 0 Å². The Labute approximate surface area is 108 Å². The summed E-state index contributed by atoms with van der Waals surface area (Å²) in [6.07, 6.45) is 3.28. The highest BCUT2D eigenvalue weighted by Crippen LogP contribution is 2.56. The highest BCUT2D eigenvalue weighted by molar-refractivity contribution is 7.15. The van der Waals surface area contributed by atoms with E-state index in [0.717, 1.165) is 24.3 Å². The Kier molecular flexibility index (Phi) is 1.99. The molecule has 6 heteroatoms. The Hall–Kier alpha value is -1.30. The molecule has 2 bridgehead atoms. The van der Waals surface area contributed by atoms with Crippen molar-refractivity contribution in [2.24, 2.45) is 23.7 Å². The molecule has 2 amide bonds. The smallest absolute Gasteiger partial charge is 0.239 e. The molecule has 18 heavy (non-hydrogen) atoms. The zero-order valence-electron chi connectivity index (χ0n) is 10.00. The van der Waals surface area contributed by atoms with Crippen LogP contribution in [0.15, 0.2) is 0 Å². The minimum absolute atomic E-state index is 0.0339. The van der Waals surface area contributed by atoms with Gasteiger partial charge in [0.05, 0.1) is 11.8 Å². The standard InChI is InChI=1S/C12H13N3O2S/c1-5-13-14-12(18-5)15-10(16)8-6-2-3-7(4-6)9(8)11(15)17/h6-9H,2-4H2,1H3/t6-,7-,8+,9+/m1/s1. The molecular weight excluding hydrogens is 250 g/mol. The van der Waals surface area contributed by atoms with Gasteiger partial charge in [-0.2, -0.15) is 0 Å². The number of hydrogen-bond donors (Lipinski definition) is 0. The molecule has 3 fully saturated rings. The average molecular weight is 263 g/mol. The lowest BCUT2D eigenvalue weighted by Crippen LogP contribution is -2.32. The van der Waals surface area contributed by atoms with Crippen LogP contribution in [0, 0.1) is 30.6 Å².